The van der Waals surface area contributed by atoms with Crippen molar-refractivity contribution < 1.29 is 27.1 Å². The van der Waals surface area contributed by atoms with Crippen molar-refractivity contribution in [3.05, 3.63) is 81.5 Å². The molecule has 10 heteroatoms. The number of aromatic nitrogens is 3. The van der Waals surface area contributed by atoms with Crippen LogP contribution in [0.15, 0.2) is 47.5 Å². The van der Waals surface area contributed by atoms with Crippen LogP contribution in [0.3, 0.4) is 0 Å². The molecular weight excluding hydrogens is 478 g/mol. The number of nitrogens with zero attached hydrogens (tertiary/aromatic N) is 2. The van der Waals surface area contributed by atoms with Gasteiger partial charge in [-0.15, -0.1) is 0 Å². The summed E-state index contributed by atoms with van der Waals surface area (Å²) in [4.78, 5) is 36.3. The number of ketones is 1. The number of fused-ring (bicyclic) bond motifs is 1. The number of alkyl halides is 2. The largest absolute Gasteiger partial charge is 0.456 e. The molecule has 6 nitrogen and oxygen atoms in total. The predicted octanol–water partition coefficient (Wildman–Crippen LogP) is 6.08. The lowest BCUT2D eigenvalue weighted by Gasteiger charge is -2.34. The van der Waals surface area contributed by atoms with Crippen LogP contribution in [0.2, 0.25) is 0 Å². The van der Waals surface area contributed by atoms with Gasteiger partial charge < -0.3 is 9.72 Å². The molecule has 0 amide bonds. The molecule has 184 valence electrons. The van der Waals surface area contributed by atoms with Crippen molar-refractivity contribution in [2.45, 2.75) is 38.5 Å². The smallest absolute Gasteiger partial charge is 0.249 e. The normalized spacial score (nSPS) is 15.1. The Bertz CT molecular complexity index is 1590. The van der Waals surface area contributed by atoms with E-state index in [0.717, 1.165) is 6.07 Å². The molecule has 0 bridgehead atoms. The number of pyridine rings is 3. The third-order valence-corrected chi connectivity index (χ3v) is 6.27. The van der Waals surface area contributed by atoms with Gasteiger partial charge in [-0.2, -0.15) is 0 Å². The Hall–Kier alpha value is -4.08. The van der Waals surface area contributed by atoms with Gasteiger partial charge in [0.2, 0.25) is 5.92 Å². The standard InChI is InChI=1S/C26H19F4N3O3/c1-12-21(4-3-16(27)24(12)28)36-22-8-18(14-9-26(29,30)10-14)32-11-15(22)19-7-20(35)23-17(33-19)5-6-31-25(23)13(2)34/h3-8,11,14H,9-10H2,1-2H3,(H,33,35). The van der Waals surface area contributed by atoms with Gasteiger partial charge in [-0.05, 0) is 25.1 Å². The van der Waals surface area contributed by atoms with Crippen molar-refractivity contribution in [1.29, 1.82) is 0 Å². The van der Waals surface area contributed by atoms with E-state index < -0.39 is 28.9 Å². The lowest BCUT2D eigenvalue weighted by Crippen LogP contribution is -2.34. The average molecular weight is 497 g/mol. The summed E-state index contributed by atoms with van der Waals surface area (Å²) in [6.45, 7) is 2.65. The Morgan fingerprint density at radius 1 is 1.11 bits per heavy atom. The number of rotatable bonds is 5. The van der Waals surface area contributed by atoms with Crippen LogP contribution >= 0.6 is 0 Å². The average Bonchev–Trinajstić information content (AvgIpc) is 2.82. The van der Waals surface area contributed by atoms with Gasteiger partial charge in [0.05, 0.1) is 22.2 Å². The number of halogens is 4. The SMILES string of the molecule is CC(=O)c1nccc2[nH]c(-c3cnc(C4CC(F)(F)C4)cc3Oc3ccc(F)c(F)c3C)cc(=O)c12. The van der Waals surface area contributed by atoms with Crippen molar-refractivity contribution in [2.24, 2.45) is 0 Å². The van der Waals surface area contributed by atoms with Crippen LogP contribution in [-0.4, -0.2) is 26.7 Å². The van der Waals surface area contributed by atoms with Gasteiger partial charge in [0.25, 0.3) is 0 Å². The van der Waals surface area contributed by atoms with E-state index in [1.165, 1.54) is 50.5 Å². The topological polar surface area (TPSA) is 84.9 Å². The maximum Gasteiger partial charge on any atom is 0.249 e. The minimum absolute atomic E-state index is 0.0115. The molecule has 1 aliphatic carbocycles. The van der Waals surface area contributed by atoms with Gasteiger partial charge in [-0.3, -0.25) is 19.6 Å². The van der Waals surface area contributed by atoms with Gasteiger partial charge in [0, 0.05) is 61.5 Å². The highest BCUT2D eigenvalue weighted by molar-refractivity contribution is 6.04. The zero-order chi connectivity index (χ0) is 25.8. The van der Waals surface area contributed by atoms with E-state index in [2.05, 4.69) is 15.0 Å². The van der Waals surface area contributed by atoms with Crippen molar-refractivity contribution >= 4 is 16.7 Å². The maximum absolute atomic E-state index is 14.2. The number of hydrogen-bond acceptors (Lipinski definition) is 5. The highest BCUT2D eigenvalue weighted by Gasteiger charge is 2.46. The van der Waals surface area contributed by atoms with Crippen LogP contribution in [0.5, 0.6) is 11.5 Å². The Morgan fingerprint density at radius 3 is 2.56 bits per heavy atom. The summed E-state index contributed by atoms with van der Waals surface area (Å²) in [7, 11) is 0. The molecule has 0 aliphatic heterocycles. The van der Waals surface area contributed by atoms with Crippen LogP contribution in [0.25, 0.3) is 22.2 Å². The van der Waals surface area contributed by atoms with Crippen LogP contribution in [-0.2, 0) is 0 Å². The molecule has 1 fully saturated rings. The molecule has 0 radical (unpaired) electrons. The van der Waals surface area contributed by atoms with Crippen molar-refractivity contribution in [2.75, 3.05) is 0 Å². The van der Waals surface area contributed by atoms with Gasteiger partial charge in [0.1, 0.15) is 17.2 Å². The van der Waals surface area contributed by atoms with Crippen molar-refractivity contribution in [3.8, 4) is 22.8 Å². The van der Waals surface area contributed by atoms with E-state index in [1.807, 2.05) is 0 Å². The van der Waals surface area contributed by atoms with Crippen LogP contribution in [0.1, 0.15) is 47.4 Å². The minimum atomic E-state index is -2.77. The lowest BCUT2D eigenvalue weighted by molar-refractivity contribution is -0.0876. The number of ether oxygens (including phenoxy) is 1. The summed E-state index contributed by atoms with van der Waals surface area (Å²) in [5.41, 5.74) is 0.707. The van der Waals surface area contributed by atoms with Gasteiger partial charge >= 0.3 is 0 Å². The fourth-order valence-electron chi connectivity index (χ4n) is 4.31. The number of carbonyl (C=O) groups is 1. The number of carbonyl (C=O) groups excluding carboxylic acids is 1. The van der Waals surface area contributed by atoms with Crippen LogP contribution in [0.4, 0.5) is 17.6 Å². The van der Waals surface area contributed by atoms with E-state index in [1.54, 1.807) is 0 Å². The Labute approximate surface area is 202 Å². The molecule has 1 saturated carbocycles. The number of H-pyrrole nitrogens is 1. The Morgan fingerprint density at radius 2 is 1.86 bits per heavy atom. The van der Waals surface area contributed by atoms with E-state index in [4.69, 9.17) is 4.74 Å². The molecule has 4 aromatic rings. The molecule has 36 heavy (non-hydrogen) atoms. The third kappa shape index (κ3) is 4.12. The van der Waals surface area contributed by atoms with Gasteiger partial charge in [-0.1, -0.05) is 0 Å². The third-order valence-electron chi connectivity index (χ3n) is 6.27. The van der Waals surface area contributed by atoms with E-state index in [0.29, 0.717) is 11.2 Å². The van der Waals surface area contributed by atoms with Crippen molar-refractivity contribution in [3.63, 3.8) is 0 Å². The maximum atomic E-state index is 14.2. The molecule has 0 atom stereocenters. The Balaban J connectivity index is 1.65. The number of Topliss-reactive ketones (excluding diaryl/α,β-unsaturated/α-hetero) is 1. The molecule has 1 aromatic carbocycles. The molecule has 0 spiro atoms. The second-order valence-corrected chi connectivity index (χ2v) is 8.84. The molecule has 3 aromatic heterocycles. The first-order valence-corrected chi connectivity index (χ1v) is 11.1. The molecule has 1 N–H and O–H groups in total. The molecule has 3 heterocycles. The number of hydrogen-bond donors (Lipinski definition) is 1. The zero-order valence-electron chi connectivity index (χ0n) is 19.2. The predicted molar refractivity (Wildman–Crippen MR) is 124 cm³/mol. The second kappa shape index (κ2) is 8.54. The summed E-state index contributed by atoms with van der Waals surface area (Å²) in [6, 6.07) is 6.41. The molecular formula is C26H19F4N3O3. The first-order valence-electron chi connectivity index (χ1n) is 11.1. The molecule has 0 saturated heterocycles. The fraction of sp³-hybridized carbons (Fsp3) is 0.231. The monoisotopic (exact) mass is 497 g/mol. The van der Waals surface area contributed by atoms with E-state index >= 15 is 0 Å². The van der Waals surface area contributed by atoms with E-state index in [-0.39, 0.29) is 58.0 Å². The summed E-state index contributed by atoms with van der Waals surface area (Å²) in [5.74, 6) is -5.64. The van der Waals surface area contributed by atoms with Gasteiger partial charge in [0.15, 0.2) is 22.8 Å². The molecule has 1 aliphatic rings. The second-order valence-electron chi connectivity index (χ2n) is 8.84. The van der Waals surface area contributed by atoms with Crippen LogP contribution in [0, 0.1) is 18.6 Å². The van der Waals surface area contributed by atoms with Gasteiger partial charge in [-0.25, -0.2) is 17.6 Å². The number of benzene rings is 1. The molecule has 5 rings (SSSR count). The summed E-state index contributed by atoms with van der Waals surface area (Å²) < 4.78 is 60.7. The number of aromatic amines is 1. The minimum Gasteiger partial charge on any atom is -0.456 e. The highest BCUT2D eigenvalue weighted by atomic mass is 19.3. The summed E-state index contributed by atoms with van der Waals surface area (Å²) >= 11 is 0. The quantitative estimate of drug-likeness (QED) is 0.267. The first-order chi connectivity index (χ1) is 17.0. The number of nitrogens with one attached hydrogen (secondary N) is 1. The highest BCUT2D eigenvalue weighted by Crippen LogP contribution is 2.49. The summed E-state index contributed by atoms with van der Waals surface area (Å²) in [5, 5.41) is 0.119. The van der Waals surface area contributed by atoms with E-state index in [9.17, 15) is 27.2 Å². The fourth-order valence-corrected chi connectivity index (χ4v) is 4.31. The Kier molecular flexibility index (Phi) is 5.61. The molecule has 0 unspecified atom stereocenters. The summed E-state index contributed by atoms with van der Waals surface area (Å²) in [6.07, 6.45) is 2.03. The van der Waals surface area contributed by atoms with Crippen LogP contribution < -0.4 is 10.2 Å². The first kappa shape index (κ1) is 23.7. The van der Waals surface area contributed by atoms with Crippen molar-refractivity contribution in [1.82, 2.24) is 15.0 Å². The lowest BCUT2D eigenvalue weighted by atomic mass is 9.79. The zero-order valence-corrected chi connectivity index (χ0v) is 19.2.